The van der Waals surface area contributed by atoms with Gasteiger partial charge in [-0.3, -0.25) is 0 Å². The zero-order valence-electron chi connectivity index (χ0n) is 7.71. The maximum Gasteiger partial charge on any atom is 0.0984 e. The van der Waals surface area contributed by atoms with E-state index in [4.69, 9.17) is 4.42 Å². The number of allylic oxidation sites excluding steroid dienone is 1. The molecule has 66 valence electrons. The minimum Gasteiger partial charge on any atom is -0.471 e. The number of fused-ring (bicyclic) bond motifs is 1. The van der Waals surface area contributed by atoms with Crippen molar-refractivity contribution in [2.45, 2.75) is 13.3 Å². The van der Waals surface area contributed by atoms with E-state index in [2.05, 4.69) is 25.6 Å². The van der Waals surface area contributed by atoms with E-state index in [1.165, 1.54) is 21.9 Å². The van der Waals surface area contributed by atoms with Crippen LogP contribution in [0.5, 0.6) is 0 Å². The molecule has 0 aliphatic rings. The molecule has 0 bridgehead atoms. The number of furan rings is 1. The molecule has 0 N–H and O–H groups in total. The molecule has 0 fully saturated rings. The second kappa shape index (κ2) is 3.09. The molecule has 2 aromatic rings. The van der Waals surface area contributed by atoms with E-state index in [1.807, 2.05) is 6.08 Å². The maximum atomic E-state index is 5.15. The van der Waals surface area contributed by atoms with Crippen LogP contribution in [0.15, 0.2) is 41.7 Å². The van der Waals surface area contributed by atoms with Gasteiger partial charge in [0, 0.05) is 10.8 Å². The van der Waals surface area contributed by atoms with Crippen LogP contribution in [0.25, 0.3) is 10.8 Å². The minimum atomic E-state index is 0.924. The van der Waals surface area contributed by atoms with Crippen molar-refractivity contribution in [2.24, 2.45) is 0 Å². The van der Waals surface area contributed by atoms with Gasteiger partial charge in [-0.05, 0) is 24.5 Å². The SMILES string of the molecule is C=CCc1ccc2cocc2c1C. The van der Waals surface area contributed by atoms with E-state index < -0.39 is 0 Å². The summed E-state index contributed by atoms with van der Waals surface area (Å²) in [5, 5.41) is 2.38. The highest BCUT2D eigenvalue weighted by molar-refractivity contribution is 5.85. The molecule has 0 amide bonds. The zero-order chi connectivity index (χ0) is 9.26. The average molecular weight is 172 g/mol. The van der Waals surface area contributed by atoms with Crippen molar-refractivity contribution < 1.29 is 4.42 Å². The summed E-state index contributed by atoms with van der Waals surface area (Å²) in [7, 11) is 0. The van der Waals surface area contributed by atoms with Crippen molar-refractivity contribution in [3.05, 3.63) is 48.4 Å². The van der Waals surface area contributed by atoms with E-state index in [0.717, 1.165) is 6.42 Å². The van der Waals surface area contributed by atoms with Gasteiger partial charge in [-0.25, -0.2) is 0 Å². The van der Waals surface area contributed by atoms with Crippen molar-refractivity contribution in [1.29, 1.82) is 0 Å². The first kappa shape index (κ1) is 8.11. The molecule has 1 aromatic carbocycles. The Kier molecular flexibility index (Phi) is 1.93. The summed E-state index contributed by atoms with van der Waals surface area (Å²) >= 11 is 0. The number of rotatable bonds is 2. The number of aryl methyl sites for hydroxylation is 1. The Hall–Kier alpha value is -1.50. The van der Waals surface area contributed by atoms with E-state index in [-0.39, 0.29) is 0 Å². The molecule has 0 spiro atoms. The van der Waals surface area contributed by atoms with E-state index in [1.54, 1.807) is 12.5 Å². The van der Waals surface area contributed by atoms with E-state index in [9.17, 15) is 0 Å². The monoisotopic (exact) mass is 172 g/mol. The van der Waals surface area contributed by atoms with Gasteiger partial charge in [-0.15, -0.1) is 6.58 Å². The lowest BCUT2D eigenvalue weighted by molar-refractivity contribution is 0.572. The molecule has 1 heterocycles. The number of hydrogen-bond donors (Lipinski definition) is 0. The fraction of sp³-hybridized carbons (Fsp3) is 0.167. The van der Waals surface area contributed by atoms with Gasteiger partial charge in [0.05, 0.1) is 12.5 Å². The smallest absolute Gasteiger partial charge is 0.0984 e. The Morgan fingerprint density at radius 2 is 2.23 bits per heavy atom. The summed E-state index contributed by atoms with van der Waals surface area (Å²) in [5.41, 5.74) is 2.62. The van der Waals surface area contributed by atoms with Crippen molar-refractivity contribution in [1.82, 2.24) is 0 Å². The molecule has 1 nitrogen and oxygen atoms in total. The Bertz CT molecular complexity index is 437. The number of benzene rings is 1. The second-order valence-electron chi connectivity index (χ2n) is 3.22. The highest BCUT2D eigenvalue weighted by Gasteiger charge is 2.03. The van der Waals surface area contributed by atoms with Gasteiger partial charge in [0.15, 0.2) is 0 Å². The van der Waals surface area contributed by atoms with Crippen LogP contribution in [-0.4, -0.2) is 0 Å². The molecule has 0 saturated carbocycles. The van der Waals surface area contributed by atoms with Crippen LogP contribution in [-0.2, 0) is 6.42 Å². The van der Waals surface area contributed by atoms with Crippen molar-refractivity contribution in [2.75, 3.05) is 0 Å². The first-order valence-electron chi connectivity index (χ1n) is 4.38. The van der Waals surface area contributed by atoms with Gasteiger partial charge in [0.2, 0.25) is 0 Å². The first-order valence-corrected chi connectivity index (χ1v) is 4.38. The Labute approximate surface area is 77.7 Å². The Morgan fingerprint density at radius 1 is 1.38 bits per heavy atom. The van der Waals surface area contributed by atoms with Crippen molar-refractivity contribution in [3.8, 4) is 0 Å². The molecule has 0 unspecified atom stereocenters. The fourth-order valence-electron chi connectivity index (χ4n) is 1.61. The third kappa shape index (κ3) is 1.26. The highest BCUT2D eigenvalue weighted by atomic mass is 16.3. The van der Waals surface area contributed by atoms with Crippen LogP contribution in [0.4, 0.5) is 0 Å². The molecule has 2 rings (SSSR count). The lowest BCUT2D eigenvalue weighted by Gasteiger charge is -2.02. The third-order valence-corrected chi connectivity index (χ3v) is 2.41. The molecular weight excluding hydrogens is 160 g/mol. The van der Waals surface area contributed by atoms with Gasteiger partial charge in [0.25, 0.3) is 0 Å². The Balaban J connectivity index is 2.65. The van der Waals surface area contributed by atoms with Gasteiger partial charge in [0.1, 0.15) is 0 Å². The normalized spacial score (nSPS) is 10.5. The summed E-state index contributed by atoms with van der Waals surface area (Å²) < 4.78 is 5.15. The molecule has 0 aliphatic heterocycles. The van der Waals surface area contributed by atoms with Gasteiger partial charge < -0.3 is 4.42 Å². The van der Waals surface area contributed by atoms with Crippen molar-refractivity contribution in [3.63, 3.8) is 0 Å². The molecule has 0 aliphatic carbocycles. The second-order valence-corrected chi connectivity index (χ2v) is 3.22. The average Bonchev–Trinajstić information content (AvgIpc) is 2.58. The van der Waals surface area contributed by atoms with Crippen LogP contribution >= 0.6 is 0 Å². The number of hydrogen-bond acceptors (Lipinski definition) is 1. The summed E-state index contributed by atoms with van der Waals surface area (Å²) in [6.07, 6.45) is 6.43. The van der Waals surface area contributed by atoms with Crippen molar-refractivity contribution >= 4 is 10.8 Å². The molecule has 1 heteroatoms. The Morgan fingerprint density at radius 3 is 3.00 bits per heavy atom. The lowest BCUT2D eigenvalue weighted by atomic mass is 10.0. The minimum absolute atomic E-state index is 0.924. The van der Waals surface area contributed by atoms with Gasteiger partial charge in [-0.2, -0.15) is 0 Å². The van der Waals surface area contributed by atoms with Crippen LogP contribution in [0.2, 0.25) is 0 Å². The summed E-state index contributed by atoms with van der Waals surface area (Å²) in [4.78, 5) is 0. The van der Waals surface area contributed by atoms with Crippen LogP contribution < -0.4 is 0 Å². The predicted molar refractivity (Wildman–Crippen MR) is 54.9 cm³/mol. The molecular formula is C12H12O. The fourth-order valence-corrected chi connectivity index (χ4v) is 1.61. The lowest BCUT2D eigenvalue weighted by Crippen LogP contribution is -1.86. The molecule has 13 heavy (non-hydrogen) atoms. The molecule has 0 radical (unpaired) electrons. The standard InChI is InChI=1S/C12H12O/c1-3-4-10-5-6-11-7-13-8-12(11)9(10)2/h3,5-8H,1,4H2,2H3. The third-order valence-electron chi connectivity index (χ3n) is 2.41. The first-order chi connectivity index (χ1) is 6.33. The molecule has 0 atom stereocenters. The van der Waals surface area contributed by atoms with Gasteiger partial charge in [-0.1, -0.05) is 18.2 Å². The zero-order valence-corrected chi connectivity index (χ0v) is 7.71. The topological polar surface area (TPSA) is 13.1 Å². The highest BCUT2D eigenvalue weighted by Crippen LogP contribution is 2.23. The van der Waals surface area contributed by atoms with Gasteiger partial charge >= 0.3 is 0 Å². The largest absolute Gasteiger partial charge is 0.471 e. The summed E-state index contributed by atoms with van der Waals surface area (Å²) in [5.74, 6) is 0. The van der Waals surface area contributed by atoms with Crippen LogP contribution in [0.1, 0.15) is 11.1 Å². The summed E-state index contributed by atoms with van der Waals surface area (Å²) in [6.45, 7) is 5.86. The van der Waals surface area contributed by atoms with E-state index in [0.29, 0.717) is 0 Å². The predicted octanol–water partition coefficient (Wildman–Crippen LogP) is 3.47. The van der Waals surface area contributed by atoms with E-state index >= 15 is 0 Å². The quantitative estimate of drug-likeness (QED) is 0.632. The maximum absolute atomic E-state index is 5.15. The van der Waals surface area contributed by atoms with Crippen LogP contribution in [0, 0.1) is 6.92 Å². The molecule has 1 aromatic heterocycles. The summed E-state index contributed by atoms with van der Waals surface area (Å²) in [6, 6.07) is 4.22. The van der Waals surface area contributed by atoms with Crippen LogP contribution in [0.3, 0.4) is 0 Å². The molecule has 0 saturated heterocycles.